The molecule has 1 unspecified atom stereocenters. The average molecular weight is 475 g/mol. The fourth-order valence-corrected chi connectivity index (χ4v) is 4.89. The van der Waals surface area contributed by atoms with Crippen LogP contribution >= 0.6 is 0 Å². The van der Waals surface area contributed by atoms with Gasteiger partial charge < -0.3 is 14.7 Å². The number of fused-ring (bicyclic) bond motifs is 1. The largest absolute Gasteiger partial charge is 0.366 e. The number of piperidine rings is 1. The predicted molar refractivity (Wildman–Crippen MR) is 123 cm³/mol. The molecule has 0 saturated carbocycles. The van der Waals surface area contributed by atoms with E-state index in [1.807, 2.05) is 4.90 Å². The van der Waals surface area contributed by atoms with Crippen LogP contribution in [0.3, 0.4) is 0 Å². The molecule has 35 heavy (non-hydrogen) atoms. The second kappa shape index (κ2) is 8.83. The predicted octanol–water partition coefficient (Wildman–Crippen LogP) is 2.10. The van der Waals surface area contributed by atoms with Crippen LogP contribution in [0.15, 0.2) is 36.4 Å². The van der Waals surface area contributed by atoms with Crippen LogP contribution in [-0.2, 0) is 16.1 Å². The zero-order valence-electron chi connectivity index (χ0n) is 18.8. The molecule has 2 aromatic carbocycles. The summed E-state index contributed by atoms with van der Waals surface area (Å²) in [6.45, 7) is 8.96. The molecule has 10 heteroatoms. The van der Waals surface area contributed by atoms with Crippen LogP contribution in [0.4, 0.5) is 15.8 Å². The number of carbonyl (C=O) groups excluding carboxylic acids is 4. The minimum absolute atomic E-state index is 0.152. The van der Waals surface area contributed by atoms with E-state index >= 15 is 4.39 Å². The van der Waals surface area contributed by atoms with Crippen molar-refractivity contribution in [3.63, 3.8) is 0 Å². The van der Waals surface area contributed by atoms with Crippen LogP contribution in [0.5, 0.6) is 0 Å². The summed E-state index contributed by atoms with van der Waals surface area (Å²) in [5, 5.41) is 2.26. The Bertz CT molecular complexity index is 1300. The normalized spacial score (nSPS) is 19.9. The summed E-state index contributed by atoms with van der Waals surface area (Å²) < 4.78 is 15.1. The van der Waals surface area contributed by atoms with Crippen molar-refractivity contribution in [1.29, 1.82) is 0 Å². The number of para-hydroxylation sites is 1. The number of amides is 4. The van der Waals surface area contributed by atoms with E-state index in [0.29, 0.717) is 48.7 Å². The average Bonchev–Trinajstić information content (AvgIpc) is 3.18. The quantitative estimate of drug-likeness (QED) is 0.542. The van der Waals surface area contributed by atoms with Crippen molar-refractivity contribution in [1.82, 2.24) is 15.1 Å². The van der Waals surface area contributed by atoms with Crippen molar-refractivity contribution in [3.8, 4) is 0 Å². The van der Waals surface area contributed by atoms with Gasteiger partial charge in [-0.25, -0.2) is 9.24 Å². The van der Waals surface area contributed by atoms with E-state index < -0.39 is 23.7 Å². The fraction of sp³-hybridized carbons (Fsp3) is 0.320. The number of piperazine rings is 1. The fourth-order valence-electron chi connectivity index (χ4n) is 4.89. The smallest absolute Gasteiger partial charge is 0.255 e. The van der Waals surface area contributed by atoms with E-state index in [2.05, 4.69) is 10.2 Å². The topological polar surface area (TPSA) is 94.4 Å². The van der Waals surface area contributed by atoms with Gasteiger partial charge in [-0.1, -0.05) is 24.3 Å². The number of hydrogen-bond acceptors (Lipinski definition) is 5. The van der Waals surface area contributed by atoms with E-state index in [4.69, 9.17) is 6.57 Å². The summed E-state index contributed by atoms with van der Waals surface area (Å²) in [6.07, 6.45) is 0.395. The van der Waals surface area contributed by atoms with Crippen LogP contribution in [0.2, 0.25) is 0 Å². The molecule has 2 saturated heterocycles. The molecule has 3 aliphatic rings. The number of hydrogen-bond donors (Lipinski definition) is 1. The van der Waals surface area contributed by atoms with E-state index in [1.54, 1.807) is 35.2 Å². The zero-order valence-corrected chi connectivity index (χ0v) is 18.8. The van der Waals surface area contributed by atoms with Gasteiger partial charge in [0.25, 0.3) is 5.91 Å². The lowest BCUT2D eigenvalue weighted by Gasteiger charge is -2.36. The van der Waals surface area contributed by atoms with Crippen molar-refractivity contribution in [2.24, 2.45) is 0 Å². The third-order valence-corrected chi connectivity index (χ3v) is 6.75. The van der Waals surface area contributed by atoms with Gasteiger partial charge in [-0.05, 0) is 24.1 Å². The first-order valence-electron chi connectivity index (χ1n) is 11.3. The minimum Gasteiger partial charge on any atom is -0.366 e. The summed E-state index contributed by atoms with van der Waals surface area (Å²) in [6, 6.07) is 8.76. The van der Waals surface area contributed by atoms with Gasteiger partial charge in [-0.2, -0.15) is 0 Å². The van der Waals surface area contributed by atoms with Crippen LogP contribution in [0, 0.1) is 12.4 Å². The molecule has 1 N–H and O–H groups in total. The van der Waals surface area contributed by atoms with Gasteiger partial charge in [-0.3, -0.25) is 24.5 Å². The highest BCUT2D eigenvalue weighted by Gasteiger charge is 2.40. The monoisotopic (exact) mass is 475 g/mol. The SMILES string of the molecule is [C-]#[N+]c1ccccc1C(=O)N1CCN(c2cc3c(cc2F)C(=O)N(C2CCC(=O)NC2=O)C3)CC1. The van der Waals surface area contributed by atoms with Gasteiger partial charge in [0.15, 0.2) is 5.69 Å². The second-order valence-electron chi connectivity index (χ2n) is 8.77. The molecule has 178 valence electrons. The number of rotatable bonds is 3. The minimum atomic E-state index is -0.757. The van der Waals surface area contributed by atoms with E-state index in [9.17, 15) is 19.2 Å². The molecule has 3 aliphatic heterocycles. The summed E-state index contributed by atoms with van der Waals surface area (Å²) in [4.78, 5) is 57.8. The number of carbonyl (C=O) groups is 4. The Morgan fingerprint density at radius 3 is 2.54 bits per heavy atom. The highest BCUT2D eigenvalue weighted by Crippen LogP contribution is 2.33. The Balaban J connectivity index is 1.30. The van der Waals surface area contributed by atoms with Crippen molar-refractivity contribution in [3.05, 3.63) is 70.3 Å². The molecule has 9 nitrogen and oxygen atoms in total. The Hall–Kier alpha value is -4.26. The highest BCUT2D eigenvalue weighted by atomic mass is 19.1. The maximum absolute atomic E-state index is 15.1. The van der Waals surface area contributed by atoms with Crippen molar-refractivity contribution >= 4 is 35.0 Å². The molecule has 2 fully saturated rings. The van der Waals surface area contributed by atoms with Crippen molar-refractivity contribution < 1.29 is 23.6 Å². The molecule has 4 amide bonds. The molecule has 0 aromatic heterocycles. The summed E-state index contributed by atoms with van der Waals surface area (Å²) >= 11 is 0. The molecule has 2 aromatic rings. The van der Waals surface area contributed by atoms with Crippen LogP contribution < -0.4 is 10.2 Å². The summed E-state index contributed by atoms with van der Waals surface area (Å²) in [5.41, 5.74) is 1.85. The number of imide groups is 1. The maximum atomic E-state index is 15.1. The zero-order chi connectivity index (χ0) is 24.7. The first-order chi connectivity index (χ1) is 16.9. The third kappa shape index (κ3) is 3.99. The van der Waals surface area contributed by atoms with Crippen molar-refractivity contribution in [2.45, 2.75) is 25.4 Å². The molecule has 3 heterocycles. The van der Waals surface area contributed by atoms with Gasteiger partial charge in [0.05, 0.1) is 12.3 Å². The molecule has 0 radical (unpaired) electrons. The van der Waals surface area contributed by atoms with E-state index in [-0.39, 0.29) is 36.8 Å². The number of nitrogens with one attached hydrogen (secondary N) is 1. The van der Waals surface area contributed by atoms with Gasteiger partial charge in [-0.15, -0.1) is 0 Å². The van der Waals surface area contributed by atoms with E-state index in [0.717, 1.165) is 0 Å². The van der Waals surface area contributed by atoms with Gasteiger partial charge in [0.1, 0.15) is 11.9 Å². The summed E-state index contributed by atoms with van der Waals surface area (Å²) in [7, 11) is 0. The molecular formula is C25H22FN5O4. The standard InChI is InChI=1S/C25H22FN5O4/c1-27-19-5-3-2-4-16(19)24(34)30-10-8-29(9-11-30)21-12-15-14-31(25(35)17(15)13-18(21)26)20-6-7-22(32)28-23(20)33/h2-5,12-13,20H,6-11,14H2,(H,28,32,33). The third-order valence-electron chi connectivity index (χ3n) is 6.75. The highest BCUT2D eigenvalue weighted by molar-refractivity contribution is 6.05. The second-order valence-corrected chi connectivity index (χ2v) is 8.77. The number of nitrogens with zero attached hydrogens (tertiary/aromatic N) is 4. The van der Waals surface area contributed by atoms with Gasteiger partial charge in [0.2, 0.25) is 17.7 Å². The van der Waals surface area contributed by atoms with E-state index in [1.165, 1.54) is 11.0 Å². The Morgan fingerprint density at radius 1 is 1.09 bits per heavy atom. The first kappa shape index (κ1) is 22.5. The van der Waals surface area contributed by atoms with Gasteiger partial charge >= 0.3 is 0 Å². The van der Waals surface area contributed by atoms with Crippen LogP contribution in [-0.4, -0.2) is 65.6 Å². The maximum Gasteiger partial charge on any atom is 0.255 e. The Morgan fingerprint density at radius 2 is 1.83 bits per heavy atom. The van der Waals surface area contributed by atoms with Crippen LogP contribution in [0.1, 0.15) is 39.1 Å². The Kier molecular flexibility index (Phi) is 5.68. The molecule has 0 bridgehead atoms. The molecule has 5 rings (SSSR count). The number of halogens is 1. The lowest BCUT2D eigenvalue weighted by Crippen LogP contribution is -2.52. The van der Waals surface area contributed by atoms with Gasteiger partial charge in [0, 0.05) is 50.3 Å². The Labute approximate surface area is 200 Å². The first-order valence-corrected chi connectivity index (χ1v) is 11.3. The molecule has 0 spiro atoms. The molecule has 1 atom stereocenters. The lowest BCUT2D eigenvalue weighted by atomic mass is 10.0. The van der Waals surface area contributed by atoms with Crippen LogP contribution in [0.25, 0.3) is 4.85 Å². The summed E-state index contributed by atoms with van der Waals surface area (Å²) in [5.74, 6) is -2.06. The number of benzene rings is 2. The molecule has 0 aliphatic carbocycles. The van der Waals surface area contributed by atoms with Crippen molar-refractivity contribution in [2.75, 3.05) is 31.1 Å². The lowest BCUT2D eigenvalue weighted by molar-refractivity contribution is -0.136. The molecular weight excluding hydrogens is 453 g/mol. The number of anilines is 1.